The van der Waals surface area contributed by atoms with E-state index in [1.807, 2.05) is 12.1 Å². The normalized spacial score (nSPS) is 12.9. The highest BCUT2D eigenvalue weighted by atomic mass is 35.5. The lowest BCUT2D eigenvalue weighted by Crippen LogP contribution is -2.01. The molecule has 1 rings (SSSR count). The molecule has 0 saturated carbocycles. The van der Waals surface area contributed by atoms with Crippen LogP contribution in [0, 0.1) is 5.92 Å². The van der Waals surface area contributed by atoms with Gasteiger partial charge in [-0.05, 0) is 30.0 Å². The highest BCUT2D eigenvalue weighted by molar-refractivity contribution is 6.35. The zero-order valence-corrected chi connectivity index (χ0v) is 9.63. The minimum atomic E-state index is 0.445. The number of halogens is 3. The van der Waals surface area contributed by atoms with Crippen LogP contribution in [-0.4, -0.2) is 5.88 Å². The highest BCUT2D eigenvalue weighted by Crippen LogP contribution is 2.23. The molecular formula is C10H11Cl3. The quantitative estimate of drug-likeness (QED) is 0.683. The van der Waals surface area contributed by atoms with Crippen LogP contribution >= 0.6 is 34.8 Å². The Bertz CT molecular complexity index is 283. The van der Waals surface area contributed by atoms with Gasteiger partial charge in [-0.2, -0.15) is 0 Å². The first-order valence-corrected chi connectivity index (χ1v) is 5.42. The molecule has 0 aliphatic heterocycles. The molecule has 0 heterocycles. The lowest BCUT2D eigenvalue weighted by molar-refractivity contribution is 0.655. The summed E-state index contributed by atoms with van der Waals surface area (Å²) in [6.45, 7) is 2.10. The van der Waals surface area contributed by atoms with E-state index in [4.69, 9.17) is 34.8 Å². The topological polar surface area (TPSA) is 0 Å². The van der Waals surface area contributed by atoms with Crippen LogP contribution in [-0.2, 0) is 6.42 Å². The first kappa shape index (κ1) is 11.2. The Balaban J connectivity index is 2.77. The fourth-order valence-electron chi connectivity index (χ4n) is 1.12. The van der Waals surface area contributed by atoms with Crippen molar-refractivity contribution < 1.29 is 0 Å². The van der Waals surface area contributed by atoms with Crippen molar-refractivity contribution in [2.45, 2.75) is 13.3 Å². The van der Waals surface area contributed by atoms with Gasteiger partial charge in [0.15, 0.2) is 0 Å². The van der Waals surface area contributed by atoms with E-state index in [1.54, 1.807) is 6.07 Å². The van der Waals surface area contributed by atoms with Gasteiger partial charge in [0, 0.05) is 15.9 Å². The van der Waals surface area contributed by atoms with Gasteiger partial charge in [-0.3, -0.25) is 0 Å². The molecule has 0 aliphatic carbocycles. The minimum Gasteiger partial charge on any atom is -0.126 e. The molecule has 0 aliphatic rings. The van der Waals surface area contributed by atoms with E-state index in [0.29, 0.717) is 16.8 Å². The number of alkyl halides is 1. The average molecular weight is 238 g/mol. The summed E-state index contributed by atoms with van der Waals surface area (Å²) in [5.74, 6) is 1.10. The minimum absolute atomic E-state index is 0.445. The summed E-state index contributed by atoms with van der Waals surface area (Å²) < 4.78 is 0. The molecular weight excluding hydrogens is 226 g/mol. The molecule has 72 valence electrons. The summed E-state index contributed by atoms with van der Waals surface area (Å²) in [5, 5.41) is 1.40. The van der Waals surface area contributed by atoms with Gasteiger partial charge < -0.3 is 0 Å². The van der Waals surface area contributed by atoms with Crippen molar-refractivity contribution in [3.05, 3.63) is 33.8 Å². The Morgan fingerprint density at radius 2 is 2.00 bits per heavy atom. The standard InChI is InChI=1S/C10H11Cl3/c1-7(6-11)4-8-2-3-9(12)5-10(8)13/h2-3,5,7H,4,6H2,1H3. The van der Waals surface area contributed by atoms with Crippen LogP contribution in [0.15, 0.2) is 18.2 Å². The third-order valence-corrected chi connectivity index (χ3v) is 2.96. The number of hydrogen-bond donors (Lipinski definition) is 0. The molecule has 0 amide bonds. The molecule has 0 saturated heterocycles. The largest absolute Gasteiger partial charge is 0.126 e. The van der Waals surface area contributed by atoms with Crippen LogP contribution in [0.4, 0.5) is 0 Å². The highest BCUT2D eigenvalue weighted by Gasteiger charge is 2.05. The van der Waals surface area contributed by atoms with E-state index in [0.717, 1.165) is 17.0 Å². The summed E-state index contributed by atoms with van der Waals surface area (Å²) >= 11 is 17.5. The van der Waals surface area contributed by atoms with Crippen LogP contribution in [0.3, 0.4) is 0 Å². The zero-order chi connectivity index (χ0) is 9.84. The smallest absolute Gasteiger partial charge is 0.0452 e. The number of benzene rings is 1. The molecule has 0 bridgehead atoms. The maximum atomic E-state index is 6.00. The maximum Gasteiger partial charge on any atom is 0.0452 e. The first-order valence-electron chi connectivity index (χ1n) is 4.13. The Morgan fingerprint density at radius 1 is 1.31 bits per heavy atom. The molecule has 0 N–H and O–H groups in total. The van der Waals surface area contributed by atoms with E-state index in [1.165, 1.54) is 0 Å². The molecule has 3 heteroatoms. The molecule has 13 heavy (non-hydrogen) atoms. The van der Waals surface area contributed by atoms with Gasteiger partial charge in [-0.15, -0.1) is 11.6 Å². The van der Waals surface area contributed by atoms with Gasteiger partial charge in [0.1, 0.15) is 0 Å². The van der Waals surface area contributed by atoms with Crippen molar-refractivity contribution in [3.63, 3.8) is 0 Å². The predicted molar refractivity (Wildman–Crippen MR) is 60.1 cm³/mol. The second kappa shape index (κ2) is 5.09. The van der Waals surface area contributed by atoms with Crippen LogP contribution in [0.1, 0.15) is 12.5 Å². The molecule has 1 aromatic carbocycles. The predicted octanol–water partition coefficient (Wildman–Crippen LogP) is 4.41. The molecule has 0 aromatic heterocycles. The fraction of sp³-hybridized carbons (Fsp3) is 0.400. The second-order valence-corrected chi connectivity index (χ2v) is 4.35. The van der Waals surface area contributed by atoms with Crippen molar-refractivity contribution in [3.8, 4) is 0 Å². The van der Waals surface area contributed by atoms with Gasteiger partial charge in [0.25, 0.3) is 0 Å². The maximum absolute atomic E-state index is 6.00. The van der Waals surface area contributed by atoms with Gasteiger partial charge in [-0.1, -0.05) is 36.2 Å². The van der Waals surface area contributed by atoms with Gasteiger partial charge in [-0.25, -0.2) is 0 Å². The van der Waals surface area contributed by atoms with E-state index >= 15 is 0 Å². The first-order chi connectivity index (χ1) is 6.13. The molecule has 0 nitrogen and oxygen atoms in total. The Labute approximate surface area is 93.8 Å². The molecule has 1 atom stereocenters. The van der Waals surface area contributed by atoms with E-state index in [2.05, 4.69) is 6.92 Å². The molecule has 0 fully saturated rings. The molecule has 1 unspecified atom stereocenters. The van der Waals surface area contributed by atoms with Crippen LogP contribution in [0.5, 0.6) is 0 Å². The van der Waals surface area contributed by atoms with E-state index in [-0.39, 0.29) is 0 Å². The number of rotatable bonds is 3. The SMILES string of the molecule is CC(CCl)Cc1ccc(Cl)cc1Cl. The fourth-order valence-corrected chi connectivity index (χ4v) is 1.71. The molecule has 1 aromatic rings. The van der Waals surface area contributed by atoms with E-state index < -0.39 is 0 Å². The summed E-state index contributed by atoms with van der Waals surface area (Å²) in [6, 6.07) is 5.57. The average Bonchev–Trinajstić information content (AvgIpc) is 2.09. The summed E-state index contributed by atoms with van der Waals surface area (Å²) in [6.07, 6.45) is 0.902. The Hall–Kier alpha value is 0.0900. The second-order valence-electron chi connectivity index (χ2n) is 3.20. The van der Waals surface area contributed by atoms with Crippen LogP contribution in [0.25, 0.3) is 0 Å². The Kier molecular flexibility index (Phi) is 4.37. The summed E-state index contributed by atoms with van der Waals surface area (Å²) in [5.41, 5.74) is 1.11. The zero-order valence-electron chi connectivity index (χ0n) is 7.36. The van der Waals surface area contributed by atoms with E-state index in [9.17, 15) is 0 Å². The van der Waals surface area contributed by atoms with Crippen molar-refractivity contribution in [2.75, 3.05) is 5.88 Å². The monoisotopic (exact) mass is 236 g/mol. The summed E-state index contributed by atoms with van der Waals surface area (Å²) in [7, 11) is 0. The van der Waals surface area contributed by atoms with Crippen LogP contribution in [0.2, 0.25) is 10.0 Å². The molecule has 0 spiro atoms. The summed E-state index contributed by atoms with van der Waals surface area (Å²) in [4.78, 5) is 0. The van der Waals surface area contributed by atoms with Crippen molar-refractivity contribution in [1.82, 2.24) is 0 Å². The third kappa shape index (κ3) is 3.38. The van der Waals surface area contributed by atoms with Crippen LogP contribution < -0.4 is 0 Å². The molecule has 0 radical (unpaired) electrons. The van der Waals surface area contributed by atoms with Gasteiger partial charge in [0.2, 0.25) is 0 Å². The van der Waals surface area contributed by atoms with Crippen molar-refractivity contribution >= 4 is 34.8 Å². The third-order valence-electron chi connectivity index (χ3n) is 1.85. The van der Waals surface area contributed by atoms with Gasteiger partial charge in [0.05, 0.1) is 0 Å². The Morgan fingerprint density at radius 3 is 2.54 bits per heavy atom. The van der Waals surface area contributed by atoms with Crippen molar-refractivity contribution in [1.29, 1.82) is 0 Å². The lowest BCUT2D eigenvalue weighted by atomic mass is 10.0. The van der Waals surface area contributed by atoms with Crippen molar-refractivity contribution in [2.24, 2.45) is 5.92 Å². The van der Waals surface area contributed by atoms with Gasteiger partial charge >= 0.3 is 0 Å². The number of hydrogen-bond acceptors (Lipinski definition) is 0. The lowest BCUT2D eigenvalue weighted by Gasteiger charge is -2.08.